The van der Waals surface area contributed by atoms with Gasteiger partial charge >= 0.3 is 5.97 Å². The summed E-state index contributed by atoms with van der Waals surface area (Å²) in [5.74, 6) is -2.88. The molecule has 42 heavy (non-hydrogen) atoms. The number of benzene rings is 1. The summed E-state index contributed by atoms with van der Waals surface area (Å²) in [5, 5.41) is 18.6. The van der Waals surface area contributed by atoms with Crippen molar-refractivity contribution in [2.45, 2.75) is 84.0 Å². The number of H-pyrrole nitrogens is 1. The molecule has 13 heteroatoms. The highest BCUT2D eigenvalue weighted by Crippen LogP contribution is 2.19. The van der Waals surface area contributed by atoms with Crippen molar-refractivity contribution in [2.24, 2.45) is 34.0 Å². The molecule has 0 aliphatic rings. The van der Waals surface area contributed by atoms with Crippen molar-refractivity contribution in [3.8, 4) is 0 Å². The Hall–Kier alpha value is -4.13. The second-order valence-corrected chi connectivity index (χ2v) is 11.4. The second-order valence-electron chi connectivity index (χ2n) is 11.4. The highest BCUT2D eigenvalue weighted by Gasteiger charge is 2.31. The van der Waals surface area contributed by atoms with E-state index in [2.05, 4.69) is 25.9 Å². The van der Waals surface area contributed by atoms with Crippen LogP contribution in [0.1, 0.15) is 58.9 Å². The van der Waals surface area contributed by atoms with Gasteiger partial charge in [0.05, 0.1) is 6.04 Å². The molecule has 2 aromatic rings. The third-order valence-corrected chi connectivity index (χ3v) is 6.70. The number of aromatic amines is 1. The summed E-state index contributed by atoms with van der Waals surface area (Å²) in [5.41, 5.74) is 18.4. The highest BCUT2D eigenvalue weighted by atomic mass is 16.4. The van der Waals surface area contributed by atoms with E-state index in [-0.39, 0.29) is 43.5 Å². The number of para-hydroxylation sites is 1. The molecule has 0 aliphatic carbocycles. The molecule has 0 fully saturated rings. The molecule has 0 radical (unpaired) electrons. The van der Waals surface area contributed by atoms with E-state index in [0.29, 0.717) is 13.0 Å². The minimum Gasteiger partial charge on any atom is -0.480 e. The first-order valence-electron chi connectivity index (χ1n) is 14.3. The number of carboxylic acid groups (broad SMARTS) is 1. The molecular formula is C29H46N8O5. The van der Waals surface area contributed by atoms with Crippen molar-refractivity contribution in [1.29, 1.82) is 0 Å². The maximum absolute atomic E-state index is 13.7. The van der Waals surface area contributed by atoms with Gasteiger partial charge in [0, 0.05) is 30.1 Å². The number of rotatable bonds is 17. The lowest BCUT2D eigenvalue weighted by molar-refractivity contribution is -0.143. The fourth-order valence-corrected chi connectivity index (χ4v) is 4.60. The Morgan fingerprint density at radius 3 is 2.07 bits per heavy atom. The molecule has 4 unspecified atom stereocenters. The molecule has 0 spiro atoms. The van der Waals surface area contributed by atoms with Crippen LogP contribution in [0.2, 0.25) is 0 Å². The van der Waals surface area contributed by atoms with E-state index in [4.69, 9.17) is 17.2 Å². The van der Waals surface area contributed by atoms with E-state index >= 15 is 0 Å². The summed E-state index contributed by atoms with van der Waals surface area (Å²) in [6, 6.07) is 3.48. The summed E-state index contributed by atoms with van der Waals surface area (Å²) in [4.78, 5) is 58.7. The van der Waals surface area contributed by atoms with Gasteiger partial charge in [-0.2, -0.15) is 0 Å². The molecule has 11 N–H and O–H groups in total. The lowest BCUT2D eigenvalue weighted by Crippen LogP contribution is -2.58. The molecule has 232 valence electrons. The van der Waals surface area contributed by atoms with Crippen LogP contribution in [-0.2, 0) is 25.6 Å². The van der Waals surface area contributed by atoms with Crippen LogP contribution < -0.4 is 33.2 Å². The number of nitrogens with one attached hydrogen (secondary N) is 4. The van der Waals surface area contributed by atoms with Crippen LogP contribution in [0.15, 0.2) is 35.5 Å². The van der Waals surface area contributed by atoms with Crippen LogP contribution in [0, 0.1) is 11.8 Å². The number of hydrogen-bond donors (Lipinski definition) is 8. The van der Waals surface area contributed by atoms with Crippen molar-refractivity contribution in [2.75, 3.05) is 6.54 Å². The molecule has 1 aromatic heterocycles. The number of guanidine groups is 1. The van der Waals surface area contributed by atoms with E-state index in [1.807, 2.05) is 52.0 Å². The standard InChI is InChI=1S/C29H46N8O5/c1-16(2)12-22(26(39)37-24(28(41)42)13-17(3)4)36-27(40)23(14-18-15-34-21-10-6-5-8-19(18)21)35-25(38)20(30)9-7-11-33-29(31)32/h5-6,8,10,15-17,20,22-24,34H,7,9,11-14,30H2,1-4H3,(H,35,38)(H,36,40)(H,37,39)(H,41,42)(H4,31,32,33). The third-order valence-electron chi connectivity index (χ3n) is 6.70. The summed E-state index contributed by atoms with van der Waals surface area (Å²) in [7, 11) is 0. The van der Waals surface area contributed by atoms with Crippen molar-refractivity contribution < 1.29 is 24.3 Å². The second kappa shape index (κ2) is 16.3. The lowest BCUT2D eigenvalue weighted by atomic mass is 9.99. The van der Waals surface area contributed by atoms with Crippen molar-refractivity contribution in [1.82, 2.24) is 20.9 Å². The average Bonchev–Trinajstić information content (AvgIpc) is 3.31. The van der Waals surface area contributed by atoms with Crippen LogP contribution in [0.4, 0.5) is 0 Å². The van der Waals surface area contributed by atoms with Crippen molar-refractivity contribution in [3.05, 3.63) is 36.0 Å². The van der Waals surface area contributed by atoms with Crippen LogP contribution in [0.25, 0.3) is 10.9 Å². The van der Waals surface area contributed by atoms with Crippen molar-refractivity contribution >= 4 is 40.6 Å². The van der Waals surface area contributed by atoms with Gasteiger partial charge in [-0.05, 0) is 49.1 Å². The molecule has 0 saturated heterocycles. The molecule has 2 rings (SSSR count). The zero-order valence-corrected chi connectivity index (χ0v) is 24.9. The van der Waals surface area contributed by atoms with Gasteiger partial charge in [-0.3, -0.25) is 19.4 Å². The zero-order valence-electron chi connectivity index (χ0n) is 24.9. The molecule has 0 saturated carbocycles. The minimum atomic E-state index is -1.15. The first-order chi connectivity index (χ1) is 19.8. The average molecular weight is 587 g/mol. The fraction of sp³-hybridized carbons (Fsp3) is 0.552. The predicted octanol–water partition coefficient (Wildman–Crippen LogP) is 0.723. The molecular weight excluding hydrogens is 540 g/mol. The lowest BCUT2D eigenvalue weighted by Gasteiger charge is -2.26. The van der Waals surface area contributed by atoms with Gasteiger partial charge in [-0.1, -0.05) is 45.9 Å². The van der Waals surface area contributed by atoms with Gasteiger partial charge in [0.2, 0.25) is 17.7 Å². The highest BCUT2D eigenvalue weighted by molar-refractivity contribution is 5.95. The number of aromatic nitrogens is 1. The number of nitrogens with two attached hydrogens (primary N) is 3. The predicted molar refractivity (Wildman–Crippen MR) is 162 cm³/mol. The minimum absolute atomic E-state index is 0.00900. The Bertz CT molecular complexity index is 1240. The molecule has 1 aromatic carbocycles. The molecule has 4 atom stereocenters. The normalized spacial score (nSPS) is 14.2. The molecule has 3 amide bonds. The van der Waals surface area contributed by atoms with Crippen LogP contribution >= 0.6 is 0 Å². The Balaban J connectivity index is 2.26. The number of hydrogen-bond acceptors (Lipinski definition) is 6. The van der Waals surface area contributed by atoms with Crippen molar-refractivity contribution in [3.63, 3.8) is 0 Å². The molecule has 1 heterocycles. The van der Waals surface area contributed by atoms with Gasteiger partial charge in [0.1, 0.15) is 18.1 Å². The number of carbonyl (C=O) groups excluding carboxylic acids is 3. The number of aliphatic imine (C=N–C) groups is 1. The molecule has 13 nitrogen and oxygen atoms in total. The monoisotopic (exact) mass is 586 g/mol. The van der Waals surface area contributed by atoms with Gasteiger partial charge in [-0.15, -0.1) is 0 Å². The Kier molecular flexibility index (Phi) is 13.3. The topological polar surface area (TPSA) is 231 Å². The number of fused-ring (bicyclic) bond motifs is 1. The number of carbonyl (C=O) groups is 4. The van der Waals surface area contributed by atoms with Crippen LogP contribution in [0.5, 0.6) is 0 Å². The van der Waals surface area contributed by atoms with E-state index in [0.717, 1.165) is 16.5 Å². The fourth-order valence-electron chi connectivity index (χ4n) is 4.60. The Labute approximate surface area is 246 Å². The SMILES string of the molecule is CC(C)CC(NC(=O)C(CC(C)C)NC(=O)C(Cc1c[nH]c2ccccc12)NC(=O)C(N)CCCN=C(N)N)C(=O)O. The third kappa shape index (κ3) is 11.0. The van der Waals surface area contributed by atoms with Gasteiger partial charge < -0.3 is 43.2 Å². The zero-order chi connectivity index (χ0) is 31.4. The smallest absolute Gasteiger partial charge is 0.326 e. The van der Waals surface area contributed by atoms with Crippen LogP contribution in [0.3, 0.4) is 0 Å². The van der Waals surface area contributed by atoms with Gasteiger partial charge in [0.25, 0.3) is 0 Å². The summed E-state index contributed by atoms with van der Waals surface area (Å²) in [6.07, 6.45) is 3.16. The van der Waals surface area contributed by atoms with Crippen LogP contribution in [-0.4, -0.2) is 70.5 Å². The maximum atomic E-state index is 13.7. The largest absolute Gasteiger partial charge is 0.480 e. The van der Waals surface area contributed by atoms with E-state index in [1.54, 1.807) is 6.20 Å². The Morgan fingerprint density at radius 2 is 1.45 bits per heavy atom. The first-order valence-corrected chi connectivity index (χ1v) is 14.3. The van der Waals surface area contributed by atoms with Gasteiger partial charge in [-0.25, -0.2) is 4.79 Å². The first kappa shape index (κ1) is 34.1. The quantitative estimate of drug-likeness (QED) is 0.0746. The summed E-state index contributed by atoms with van der Waals surface area (Å²) < 4.78 is 0. The van der Waals surface area contributed by atoms with E-state index in [1.165, 1.54) is 0 Å². The molecule has 0 aliphatic heterocycles. The van der Waals surface area contributed by atoms with E-state index < -0.39 is 47.9 Å². The van der Waals surface area contributed by atoms with E-state index in [9.17, 15) is 24.3 Å². The molecule has 0 bridgehead atoms. The number of amides is 3. The van der Waals surface area contributed by atoms with Gasteiger partial charge in [0.15, 0.2) is 5.96 Å². The number of aliphatic carboxylic acids is 1. The summed E-state index contributed by atoms with van der Waals surface area (Å²) in [6.45, 7) is 7.81. The number of carboxylic acids is 1. The maximum Gasteiger partial charge on any atom is 0.326 e. The Morgan fingerprint density at radius 1 is 0.881 bits per heavy atom. The summed E-state index contributed by atoms with van der Waals surface area (Å²) >= 11 is 0. The number of nitrogens with zero attached hydrogens (tertiary/aromatic N) is 1.